The summed E-state index contributed by atoms with van der Waals surface area (Å²) < 4.78 is 46.3. The maximum atomic E-state index is 14.5. The van der Waals surface area contributed by atoms with Crippen LogP contribution in [0.5, 0.6) is 5.88 Å². The van der Waals surface area contributed by atoms with Crippen LogP contribution in [-0.2, 0) is 6.42 Å². The summed E-state index contributed by atoms with van der Waals surface area (Å²) >= 11 is 0. The lowest BCUT2D eigenvalue weighted by molar-refractivity contribution is 0.0197. The number of fused-ring (bicyclic) bond motifs is 1. The number of halogens is 3. The molecule has 1 aliphatic rings. The Morgan fingerprint density at radius 3 is 2.75 bits per heavy atom. The number of carbonyl (C=O) groups is 1. The fraction of sp³-hybridized carbons (Fsp3) is 0.400. The first-order chi connectivity index (χ1) is 13.1. The van der Waals surface area contributed by atoms with E-state index >= 15 is 0 Å². The van der Waals surface area contributed by atoms with Gasteiger partial charge < -0.3 is 15.8 Å². The first kappa shape index (κ1) is 20.1. The number of amides is 1. The molecular weight excluding hydrogens is 371 g/mol. The molecule has 1 aliphatic heterocycles. The smallest absolute Gasteiger partial charge is 0.267 e. The first-order valence-corrected chi connectivity index (χ1v) is 8.99. The number of nitrogens with one attached hydrogen (secondary N) is 1. The van der Waals surface area contributed by atoms with Crippen LogP contribution >= 0.6 is 0 Å². The van der Waals surface area contributed by atoms with Gasteiger partial charge in [-0.15, -0.1) is 0 Å². The van der Waals surface area contributed by atoms with Gasteiger partial charge in [0.2, 0.25) is 5.88 Å². The molecule has 3 rings (SSSR count). The molecule has 1 amide bonds. The molecule has 2 aromatic rings. The Kier molecular flexibility index (Phi) is 5.60. The lowest BCUT2D eigenvalue weighted by Crippen LogP contribution is -2.39. The van der Waals surface area contributed by atoms with Gasteiger partial charge in [-0.05, 0) is 43.0 Å². The van der Waals surface area contributed by atoms with Crippen molar-refractivity contribution in [2.75, 3.05) is 13.1 Å². The molecule has 150 valence electrons. The van der Waals surface area contributed by atoms with Crippen LogP contribution in [0.4, 0.5) is 13.2 Å². The molecule has 1 atom stereocenters. The van der Waals surface area contributed by atoms with Crippen LogP contribution < -0.4 is 15.8 Å². The molecule has 0 fully saturated rings. The van der Waals surface area contributed by atoms with E-state index in [9.17, 15) is 18.0 Å². The number of primary amides is 1. The number of aromatic nitrogens is 1. The van der Waals surface area contributed by atoms with Gasteiger partial charge in [0.15, 0.2) is 0 Å². The average molecular weight is 393 g/mol. The Labute approximate surface area is 161 Å². The zero-order chi connectivity index (χ0) is 20.5. The van der Waals surface area contributed by atoms with Crippen molar-refractivity contribution in [2.45, 2.75) is 38.7 Å². The van der Waals surface area contributed by atoms with Crippen LogP contribution in [0.15, 0.2) is 24.3 Å². The van der Waals surface area contributed by atoms with E-state index in [0.717, 1.165) is 12.5 Å². The molecule has 0 aliphatic carbocycles. The normalized spacial score (nSPS) is 16.4. The fourth-order valence-electron chi connectivity index (χ4n) is 3.21. The predicted octanol–water partition coefficient (Wildman–Crippen LogP) is 3.23. The second kappa shape index (κ2) is 7.79. The highest BCUT2D eigenvalue weighted by Crippen LogP contribution is 2.36. The number of pyridine rings is 1. The van der Waals surface area contributed by atoms with Crippen molar-refractivity contribution < 1.29 is 22.7 Å². The maximum Gasteiger partial charge on any atom is 0.267 e. The Morgan fingerprint density at radius 2 is 2.11 bits per heavy atom. The molecule has 0 saturated heterocycles. The van der Waals surface area contributed by atoms with Crippen molar-refractivity contribution in [3.05, 3.63) is 46.9 Å². The van der Waals surface area contributed by atoms with Gasteiger partial charge >= 0.3 is 0 Å². The Morgan fingerprint density at radius 1 is 1.36 bits per heavy atom. The number of alkyl halides is 2. The van der Waals surface area contributed by atoms with Gasteiger partial charge in [0.05, 0.1) is 6.54 Å². The summed E-state index contributed by atoms with van der Waals surface area (Å²) in [6.45, 7) is 2.36. The van der Waals surface area contributed by atoms with Crippen LogP contribution in [0, 0.1) is 12.7 Å². The quantitative estimate of drug-likeness (QED) is 0.790. The van der Waals surface area contributed by atoms with E-state index < -0.39 is 24.2 Å². The molecular formula is C20H22F3N3O2. The van der Waals surface area contributed by atoms with Crippen LogP contribution in [0.3, 0.4) is 0 Å². The minimum atomic E-state index is -2.82. The third-order valence-corrected chi connectivity index (χ3v) is 4.56. The second-order valence-corrected chi connectivity index (χ2v) is 7.17. The van der Waals surface area contributed by atoms with E-state index in [0.29, 0.717) is 29.5 Å². The average Bonchev–Trinajstić information content (AvgIpc) is 2.59. The summed E-state index contributed by atoms with van der Waals surface area (Å²) in [6, 6.07) is 6.29. The van der Waals surface area contributed by atoms with Crippen molar-refractivity contribution in [1.29, 1.82) is 0 Å². The molecule has 1 aromatic heterocycles. The molecule has 8 heteroatoms. The monoisotopic (exact) mass is 393 g/mol. The summed E-state index contributed by atoms with van der Waals surface area (Å²) in [4.78, 5) is 15.8. The Balaban J connectivity index is 1.92. The Hall–Kier alpha value is -2.61. The summed E-state index contributed by atoms with van der Waals surface area (Å²) in [5, 5.41) is 2.67. The second-order valence-electron chi connectivity index (χ2n) is 7.17. The number of benzene rings is 1. The number of aryl methyl sites for hydroxylation is 1. The molecule has 0 spiro atoms. The standard InChI is InChI=1S/C20H22F3N3O2/c1-11-3-5-13(16(21)7-11)15-8-17(18(24)27)26-19-14(15)6-4-12(28-19)9-25-10-20(2,22)23/h3,5,7-8,12,25H,4,6,9-10H2,1-2H3,(H2,24,27)/t12-/m1/s1. The van der Waals surface area contributed by atoms with Gasteiger partial charge in [0.1, 0.15) is 17.6 Å². The van der Waals surface area contributed by atoms with Crippen molar-refractivity contribution in [3.8, 4) is 17.0 Å². The van der Waals surface area contributed by atoms with Crippen molar-refractivity contribution in [3.63, 3.8) is 0 Å². The number of hydrogen-bond donors (Lipinski definition) is 2. The SMILES string of the molecule is Cc1ccc(-c2cc(C(N)=O)nc3c2CC[C@H](CNCC(C)(F)F)O3)c(F)c1. The van der Waals surface area contributed by atoms with Gasteiger partial charge in [-0.3, -0.25) is 4.79 Å². The van der Waals surface area contributed by atoms with E-state index in [1.165, 1.54) is 12.1 Å². The lowest BCUT2D eigenvalue weighted by Gasteiger charge is -2.28. The van der Waals surface area contributed by atoms with Gasteiger partial charge in [0, 0.05) is 24.6 Å². The molecule has 1 aromatic carbocycles. The number of nitrogens with zero attached hydrogens (tertiary/aromatic N) is 1. The van der Waals surface area contributed by atoms with E-state index in [4.69, 9.17) is 10.5 Å². The van der Waals surface area contributed by atoms with Crippen molar-refractivity contribution in [1.82, 2.24) is 10.3 Å². The number of ether oxygens (including phenoxy) is 1. The molecule has 2 heterocycles. The summed E-state index contributed by atoms with van der Waals surface area (Å²) in [7, 11) is 0. The van der Waals surface area contributed by atoms with E-state index in [1.54, 1.807) is 19.1 Å². The van der Waals surface area contributed by atoms with E-state index in [-0.39, 0.29) is 24.2 Å². The summed E-state index contributed by atoms with van der Waals surface area (Å²) in [6.07, 6.45) is 0.674. The molecule has 3 N–H and O–H groups in total. The van der Waals surface area contributed by atoms with E-state index in [1.807, 2.05) is 0 Å². The molecule has 28 heavy (non-hydrogen) atoms. The van der Waals surface area contributed by atoms with Crippen molar-refractivity contribution in [2.24, 2.45) is 5.73 Å². The van der Waals surface area contributed by atoms with Crippen LogP contribution in [0.2, 0.25) is 0 Å². The van der Waals surface area contributed by atoms with Crippen LogP contribution in [-0.4, -0.2) is 36.0 Å². The molecule has 0 radical (unpaired) electrons. The van der Waals surface area contributed by atoms with Gasteiger partial charge in [0.25, 0.3) is 11.8 Å². The van der Waals surface area contributed by atoms with Crippen LogP contribution in [0.25, 0.3) is 11.1 Å². The highest BCUT2D eigenvalue weighted by molar-refractivity contribution is 5.93. The minimum Gasteiger partial charge on any atom is -0.473 e. The van der Waals surface area contributed by atoms with E-state index in [2.05, 4.69) is 10.3 Å². The van der Waals surface area contributed by atoms with Crippen molar-refractivity contribution >= 4 is 5.91 Å². The fourth-order valence-corrected chi connectivity index (χ4v) is 3.21. The van der Waals surface area contributed by atoms with Crippen LogP contribution in [0.1, 0.15) is 35.0 Å². The van der Waals surface area contributed by atoms with Gasteiger partial charge in [-0.1, -0.05) is 12.1 Å². The zero-order valence-corrected chi connectivity index (χ0v) is 15.7. The number of rotatable bonds is 6. The highest BCUT2D eigenvalue weighted by Gasteiger charge is 2.27. The predicted molar refractivity (Wildman–Crippen MR) is 99.1 cm³/mol. The third kappa shape index (κ3) is 4.62. The lowest BCUT2D eigenvalue weighted by atomic mass is 9.93. The molecule has 0 bridgehead atoms. The largest absolute Gasteiger partial charge is 0.473 e. The summed E-state index contributed by atoms with van der Waals surface area (Å²) in [5.74, 6) is -3.81. The van der Waals surface area contributed by atoms with Gasteiger partial charge in [-0.25, -0.2) is 18.2 Å². The maximum absolute atomic E-state index is 14.5. The molecule has 0 saturated carbocycles. The molecule has 5 nitrogen and oxygen atoms in total. The zero-order valence-electron chi connectivity index (χ0n) is 15.7. The summed E-state index contributed by atoms with van der Waals surface area (Å²) in [5.41, 5.74) is 7.61. The topological polar surface area (TPSA) is 77.2 Å². The minimum absolute atomic E-state index is 0.0394. The molecule has 0 unspecified atom stereocenters. The highest BCUT2D eigenvalue weighted by atomic mass is 19.3. The first-order valence-electron chi connectivity index (χ1n) is 8.99. The number of nitrogens with two attached hydrogens (primary N) is 1. The third-order valence-electron chi connectivity index (χ3n) is 4.56. The van der Waals surface area contributed by atoms with Gasteiger partial charge in [-0.2, -0.15) is 0 Å². The number of carbonyl (C=O) groups excluding carboxylic acids is 1. The Bertz CT molecular complexity index is 897. The number of hydrogen-bond acceptors (Lipinski definition) is 4.